The highest BCUT2D eigenvalue weighted by Gasteiger charge is 2.13. The van der Waals surface area contributed by atoms with Crippen molar-refractivity contribution >= 4 is 10.1 Å². The Morgan fingerprint density at radius 3 is 2.20 bits per heavy atom. The van der Waals surface area contributed by atoms with Crippen molar-refractivity contribution in [2.45, 2.75) is 57.3 Å². The molecule has 0 aliphatic heterocycles. The van der Waals surface area contributed by atoms with Gasteiger partial charge in [0.05, 0.1) is 11.5 Å². The largest absolute Gasteiger partial charge is 0.296 e. The maximum Gasteiger partial charge on any atom is 0.296 e. The second-order valence-corrected chi connectivity index (χ2v) is 7.15. The molecule has 0 heterocycles. The molecule has 0 aliphatic rings. The molecule has 1 aromatic rings. The Bertz CT molecular complexity index is 452. The number of unbranched alkanes of at least 4 members (excludes halogenated alkanes) is 4. The second-order valence-electron chi connectivity index (χ2n) is 5.54. The van der Waals surface area contributed by atoms with E-state index in [-0.39, 0.29) is 11.5 Å². The van der Waals surface area contributed by atoms with Gasteiger partial charge in [-0.05, 0) is 24.5 Å². The van der Waals surface area contributed by atoms with E-state index in [1.54, 1.807) is 30.3 Å². The van der Waals surface area contributed by atoms with Crippen LogP contribution in [0.5, 0.6) is 0 Å². The molecule has 0 radical (unpaired) electrons. The molecule has 0 saturated carbocycles. The summed E-state index contributed by atoms with van der Waals surface area (Å²) in [6.45, 7) is 4.76. The maximum absolute atomic E-state index is 11.8. The van der Waals surface area contributed by atoms with Crippen LogP contribution in [0.3, 0.4) is 0 Å². The van der Waals surface area contributed by atoms with Crippen LogP contribution in [0.15, 0.2) is 35.2 Å². The van der Waals surface area contributed by atoms with E-state index < -0.39 is 10.1 Å². The van der Waals surface area contributed by atoms with E-state index in [1.165, 1.54) is 19.3 Å². The summed E-state index contributed by atoms with van der Waals surface area (Å²) in [5.41, 5.74) is 0. The van der Waals surface area contributed by atoms with Gasteiger partial charge in [-0.15, -0.1) is 0 Å². The van der Waals surface area contributed by atoms with Crippen molar-refractivity contribution in [1.29, 1.82) is 0 Å². The van der Waals surface area contributed by atoms with E-state index in [1.807, 2.05) is 0 Å². The Labute approximate surface area is 123 Å². The minimum atomic E-state index is -3.57. The van der Waals surface area contributed by atoms with Gasteiger partial charge in [-0.25, -0.2) is 0 Å². The van der Waals surface area contributed by atoms with Crippen LogP contribution in [0.25, 0.3) is 0 Å². The SMILES string of the molecule is CC(C)CCCCCCCOS(=O)(=O)c1ccccc1. The molecule has 0 N–H and O–H groups in total. The van der Waals surface area contributed by atoms with Crippen molar-refractivity contribution in [1.82, 2.24) is 0 Å². The monoisotopic (exact) mass is 298 g/mol. The molecule has 0 unspecified atom stereocenters. The molecule has 0 aliphatic carbocycles. The Morgan fingerprint density at radius 1 is 0.950 bits per heavy atom. The van der Waals surface area contributed by atoms with Crippen LogP contribution in [0.2, 0.25) is 0 Å². The average molecular weight is 298 g/mol. The first kappa shape index (κ1) is 17.2. The molecule has 1 rings (SSSR count). The van der Waals surface area contributed by atoms with Gasteiger partial charge in [-0.1, -0.05) is 64.2 Å². The molecule has 1 aromatic carbocycles. The van der Waals surface area contributed by atoms with E-state index in [0.29, 0.717) is 0 Å². The Kier molecular flexibility index (Phi) is 7.85. The van der Waals surface area contributed by atoms with Gasteiger partial charge in [0, 0.05) is 0 Å². The van der Waals surface area contributed by atoms with Gasteiger partial charge in [0.1, 0.15) is 0 Å². The van der Waals surface area contributed by atoms with Gasteiger partial charge in [-0.2, -0.15) is 8.42 Å². The molecule has 0 amide bonds. The fourth-order valence-corrected chi connectivity index (χ4v) is 2.97. The minimum absolute atomic E-state index is 0.233. The lowest BCUT2D eigenvalue weighted by molar-refractivity contribution is 0.306. The Hall–Kier alpha value is -0.870. The van der Waals surface area contributed by atoms with Crippen molar-refractivity contribution in [3.05, 3.63) is 30.3 Å². The molecular weight excluding hydrogens is 272 g/mol. The first-order valence-corrected chi connectivity index (χ1v) is 8.87. The molecule has 0 aromatic heterocycles. The van der Waals surface area contributed by atoms with Crippen LogP contribution in [0, 0.1) is 5.92 Å². The lowest BCUT2D eigenvalue weighted by Gasteiger charge is -2.06. The summed E-state index contributed by atoms with van der Waals surface area (Å²) in [6, 6.07) is 8.30. The fraction of sp³-hybridized carbons (Fsp3) is 0.625. The first-order chi connectivity index (χ1) is 9.52. The summed E-state index contributed by atoms with van der Waals surface area (Å²) in [7, 11) is -3.57. The molecule has 114 valence electrons. The van der Waals surface area contributed by atoms with Crippen LogP contribution in [0.1, 0.15) is 52.4 Å². The van der Waals surface area contributed by atoms with E-state index in [2.05, 4.69) is 13.8 Å². The van der Waals surface area contributed by atoms with Crippen molar-refractivity contribution in [2.24, 2.45) is 5.92 Å². The molecule has 20 heavy (non-hydrogen) atoms. The zero-order valence-corrected chi connectivity index (χ0v) is 13.4. The Morgan fingerprint density at radius 2 is 1.55 bits per heavy atom. The van der Waals surface area contributed by atoms with Crippen molar-refractivity contribution in [3.63, 3.8) is 0 Å². The lowest BCUT2D eigenvalue weighted by atomic mass is 10.0. The summed E-state index contributed by atoms with van der Waals surface area (Å²) in [6.07, 6.45) is 6.75. The molecule has 0 fully saturated rings. The number of benzene rings is 1. The molecule has 3 nitrogen and oxygen atoms in total. The number of rotatable bonds is 10. The predicted octanol–water partition coefficient (Wildman–Crippen LogP) is 4.39. The summed E-state index contributed by atoms with van der Waals surface area (Å²) >= 11 is 0. The van der Waals surface area contributed by atoms with Crippen LogP contribution in [-0.2, 0) is 14.3 Å². The third-order valence-electron chi connectivity index (χ3n) is 3.20. The third-order valence-corrected chi connectivity index (χ3v) is 4.52. The van der Waals surface area contributed by atoms with Crippen LogP contribution >= 0.6 is 0 Å². The van der Waals surface area contributed by atoms with Gasteiger partial charge in [0.2, 0.25) is 0 Å². The molecule has 0 spiro atoms. The summed E-state index contributed by atoms with van der Waals surface area (Å²) in [4.78, 5) is 0.233. The van der Waals surface area contributed by atoms with E-state index in [9.17, 15) is 8.42 Å². The zero-order valence-electron chi connectivity index (χ0n) is 12.5. The number of hydrogen-bond donors (Lipinski definition) is 0. The highest BCUT2D eigenvalue weighted by Crippen LogP contribution is 2.13. The van der Waals surface area contributed by atoms with E-state index in [0.717, 1.165) is 25.2 Å². The van der Waals surface area contributed by atoms with Gasteiger partial charge in [0.25, 0.3) is 10.1 Å². The number of hydrogen-bond acceptors (Lipinski definition) is 3. The lowest BCUT2D eigenvalue weighted by Crippen LogP contribution is -2.07. The van der Waals surface area contributed by atoms with Gasteiger partial charge in [-0.3, -0.25) is 4.18 Å². The van der Waals surface area contributed by atoms with Gasteiger partial charge >= 0.3 is 0 Å². The van der Waals surface area contributed by atoms with Crippen LogP contribution in [-0.4, -0.2) is 15.0 Å². The van der Waals surface area contributed by atoms with E-state index in [4.69, 9.17) is 4.18 Å². The summed E-state index contributed by atoms with van der Waals surface area (Å²) in [5, 5.41) is 0. The van der Waals surface area contributed by atoms with E-state index >= 15 is 0 Å². The quantitative estimate of drug-likeness (QED) is 0.475. The molecule has 4 heteroatoms. The Balaban J connectivity index is 2.12. The molecular formula is C16H26O3S. The normalized spacial score (nSPS) is 11.9. The topological polar surface area (TPSA) is 43.4 Å². The minimum Gasteiger partial charge on any atom is -0.266 e. The molecule has 0 saturated heterocycles. The average Bonchev–Trinajstić information content (AvgIpc) is 2.42. The summed E-state index contributed by atoms with van der Waals surface area (Å²) < 4.78 is 28.7. The second kappa shape index (κ2) is 9.14. The van der Waals surface area contributed by atoms with Crippen LogP contribution in [0.4, 0.5) is 0 Å². The van der Waals surface area contributed by atoms with Crippen molar-refractivity contribution < 1.29 is 12.6 Å². The fourth-order valence-electron chi connectivity index (χ4n) is 2.01. The standard InChI is InChI=1S/C16H26O3S/c1-15(2)11-7-4-3-5-10-14-19-20(17,18)16-12-8-6-9-13-16/h6,8-9,12-13,15H,3-5,7,10-11,14H2,1-2H3. The predicted molar refractivity (Wildman–Crippen MR) is 82.1 cm³/mol. The van der Waals surface area contributed by atoms with Crippen molar-refractivity contribution in [3.8, 4) is 0 Å². The first-order valence-electron chi connectivity index (χ1n) is 7.47. The highest BCUT2D eigenvalue weighted by molar-refractivity contribution is 7.86. The summed E-state index contributed by atoms with van der Waals surface area (Å²) in [5.74, 6) is 0.773. The van der Waals surface area contributed by atoms with Gasteiger partial charge < -0.3 is 0 Å². The smallest absolute Gasteiger partial charge is 0.266 e. The van der Waals surface area contributed by atoms with Gasteiger partial charge in [0.15, 0.2) is 0 Å². The highest BCUT2D eigenvalue weighted by atomic mass is 32.2. The third kappa shape index (κ3) is 7.06. The molecule has 0 atom stereocenters. The van der Waals surface area contributed by atoms with Crippen LogP contribution < -0.4 is 0 Å². The van der Waals surface area contributed by atoms with Crippen molar-refractivity contribution in [2.75, 3.05) is 6.61 Å². The zero-order chi connectivity index (χ0) is 14.8. The maximum atomic E-state index is 11.8. The molecule has 0 bridgehead atoms.